The maximum Gasteiger partial charge on any atom is 0.332 e. The number of piperidine rings is 1. The molecule has 5 atom stereocenters. The predicted molar refractivity (Wildman–Crippen MR) is 102 cm³/mol. The lowest BCUT2D eigenvalue weighted by Gasteiger charge is -2.63. The highest BCUT2D eigenvalue weighted by Crippen LogP contribution is 2.73. The lowest BCUT2D eigenvalue weighted by Crippen LogP contribution is -2.75. The van der Waals surface area contributed by atoms with E-state index in [1.54, 1.807) is 0 Å². The standard InChI is InChI=1S/C22H24N2O5/c1-27-19(26)21-7-6-20-5-2-8-24-10-13(14(25)9-20)22(21,18(20)24)12-3-4-15-17(16(12)23-21)29-11-28-15/h3-4,13,18,23H,2,5-11H2,1H3/t13?,18-,20+,21+,22-/m0/s1. The molecule has 7 rings (SSSR count). The van der Waals surface area contributed by atoms with E-state index in [0.717, 1.165) is 43.6 Å². The van der Waals surface area contributed by atoms with Crippen molar-refractivity contribution in [1.29, 1.82) is 0 Å². The molecule has 1 aromatic carbocycles. The summed E-state index contributed by atoms with van der Waals surface area (Å²) in [5.41, 5.74) is 0.285. The molecule has 0 aromatic heterocycles. The van der Waals surface area contributed by atoms with Crippen molar-refractivity contribution in [1.82, 2.24) is 4.90 Å². The van der Waals surface area contributed by atoms with Crippen LogP contribution >= 0.6 is 0 Å². The molecule has 1 aromatic rings. The number of benzene rings is 1. The van der Waals surface area contributed by atoms with E-state index in [1.165, 1.54) is 7.11 Å². The van der Waals surface area contributed by atoms with Crippen molar-refractivity contribution in [3.8, 4) is 11.5 Å². The number of ketones is 1. The van der Waals surface area contributed by atoms with Crippen LogP contribution in [0, 0.1) is 11.3 Å². The Morgan fingerprint density at radius 2 is 2.17 bits per heavy atom. The third-order valence-corrected chi connectivity index (χ3v) is 8.94. The molecular weight excluding hydrogens is 372 g/mol. The van der Waals surface area contributed by atoms with Crippen molar-refractivity contribution < 1.29 is 23.8 Å². The first-order valence-corrected chi connectivity index (χ1v) is 10.6. The van der Waals surface area contributed by atoms with Gasteiger partial charge in [0.2, 0.25) is 6.79 Å². The fraction of sp³-hybridized carbons (Fsp3) is 0.636. The van der Waals surface area contributed by atoms with E-state index in [-0.39, 0.29) is 30.1 Å². The maximum atomic E-state index is 13.6. The van der Waals surface area contributed by atoms with Crippen molar-refractivity contribution in [3.05, 3.63) is 17.7 Å². The summed E-state index contributed by atoms with van der Waals surface area (Å²) >= 11 is 0. The normalized spacial score (nSPS) is 42.9. The Kier molecular flexibility index (Phi) is 2.78. The molecule has 4 fully saturated rings. The van der Waals surface area contributed by atoms with Gasteiger partial charge in [0.15, 0.2) is 11.5 Å². The molecule has 4 aliphatic heterocycles. The van der Waals surface area contributed by atoms with Crippen molar-refractivity contribution >= 4 is 17.4 Å². The first-order valence-electron chi connectivity index (χ1n) is 10.6. The van der Waals surface area contributed by atoms with Gasteiger partial charge >= 0.3 is 5.97 Å². The number of esters is 1. The number of hydrogen-bond acceptors (Lipinski definition) is 7. The number of methoxy groups -OCH3 is 1. The van der Waals surface area contributed by atoms with Crippen LogP contribution in [0.1, 0.15) is 37.7 Å². The van der Waals surface area contributed by atoms with Crippen molar-refractivity contribution in [2.45, 2.75) is 49.1 Å². The van der Waals surface area contributed by atoms with Crippen molar-refractivity contribution in [2.24, 2.45) is 11.3 Å². The Morgan fingerprint density at radius 3 is 3.03 bits per heavy atom. The number of nitrogens with one attached hydrogen (secondary N) is 1. The molecule has 7 heteroatoms. The summed E-state index contributed by atoms with van der Waals surface area (Å²) in [4.78, 5) is 29.6. The molecule has 2 aliphatic carbocycles. The summed E-state index contributed by atoms with van der Waals surface area (Å²) in [5.74, 6) is 1.21. The first kappa shape index (κ1) is 16.5. The average Bonchev–Trinajstić information content (AvgIpc) is 3.40. The van der Waals surface area contributed by atoms with Crippen LogP contribution in [0.2, 0.25) is 0 Å². The number of ether oxygens (including phenoxy) is 3. The molecule has 4 heterocycles. The quantitative estimate of drug-likeness (QED) is 0.726. The highest BCUT2D eigenvalue weighted by atomic mass is 16.7. The fourth-order valence-corrected chi connectivity index (χ4v) is 8.24. The van der Waals surface area contributed by atoms with Gasteiger partial charge in [-0.25, -0.2) is 4.79 Å². The third kappa shape index (κ3) is 1.52. The number of anilines is 1. The van der Waals surface area contributed by atoms with Gasteiger partial charge < -0.3 is 19.5 Å². The molecular formula is C22H24N2O5. The summed E-state index contributed by atoms with van der Waals surface area (Å²) in [6.07, 6.45) is 4.38. The van der Waals surface area contributed by atoms with Crippen molar-refractivity contribution in [2.75, 3.05) is 32.3 Å². The molecule has 29 heavy (non-hydrogen) atoms. The van der Waals surface area contributed by atoms with Gasteiger partial charge in [0.1, 0.15) is 11.3 Å². The molecule has 2 saturated carbocycles. The van der Waals surface area contributed by atoms with Crippen LogP contribution in [0.15, 0.2) is 12.1 Å². The minimum Gasteiger partial charge on any atom is -0.467 e. The topological polar surface area (TPSA) is 77.1 Å². The third-order valence-electron chi connectivity index (χ3n) is 8.94. The summed E-state index contributed by atoms with van der Waals surface area (Å²) in [6.45, 7) is 1.90. The number of carbonyl (C=O) groups excluding carboxylic acids is 2. The van der Waals surface area contributed by atoms with Crippen LogP contribution in [-0.4, -0.2) is 55.2 Å². The Balaban J connectivity index is 1.58. The van der Waals surface area contributed by atoms with Gasteiger partial charge in [0.25, 0.3) is 0 Å². The number of fused-ring (bicyclic) bond motifs is 3. The monoisotopic (exact) mass is 396 g/mol. The van der Waals surface area contributed by atoms with E-state index in [4.69, 9.17) is 14.2 Å². The van der Waals surface area contributed by atoms with Crippen LogP contribution in [0.5, 0.6) is 11.5 Å². The van der Waals surface area contributed by atoms with Crippen LogP contribution in [-0.2, 0) is 19.7 Å². The summed E-state index contributed by atoms with van der Waals surface area (Å²) in [6, 6.07) is 4.18. The lowest BCUT2D eigenvalue weighted by molar-refractivity contribution is -0.163. The highest BCUT2D eigenvalue weighted by Gasteiger charge is 2.82. The van der Waals surface area contributed by atoms with Crippen molar-refractivity contribution in [3.63, 3.8) is 0 Å². The van der Waals surface area contributed by atoms with Crippen LogP contribution in [0.25, 0.3) is 0 Å². The number of Topliss-reactive ketones (excluding diaryl/α,β-unsaturated/α-hetero) is 1. The molecule has 7 nitrogen and oxygen atoms in total. The number of rotatable bonds is 1. The van der Waals surface area contributed by atoms with E-state index in [0.29, 0.717) is 30.1 Å². The Labute approximate surface area is 168 Å². The molecule has 1 unspecified atom stereocenters. The molecule has 6 aliphatic rings. The van der Waals surface area contributed by atoms with E-state index >= 15 is 0 Å². The van der Waals surface area contributed by atoms with E-state index in [9.17, 15) is 9.59 Å². The van der Waals surface area contributed by atoms with Gasteiger partial charge in [-0.1, -0.05) is 6.07 Å². The molecule has 0 radical (unpaired) electrons. The smallest absolute Gasteiger partial charge is 0.332 e. The van der Waals surface area contributed by atoms with Gasteiger partial charge in [-0.05, 0) is 49.3 Å². The molecule has 0 amide bonds. The highest BCUT2D eigenvalue weighted by molar-refractivity contribution is 5.99. The minimum absolute atomic E-state index is 0.0421. The van der Waals surface area contributed by atoms with Gasteiger partial charge in [-0.3, -0.25) is 9.69 Å². The Hall–Kier alpha value is -2.28. The zero-order valence-electron chi connectivity index (χ0n) is 16.5. The summed E-state index contributed by atoms with van der Waals surface area (Å²) < 4.78 is 16.8. The zero-order chi connectivity index (χ0) is 19.6. The fourth-order valence-electron chi connectivity index (χ4n) is 8.24. The molecule has 152 valence electrons. The van der Waals surface area contributed by atoms with E-state index in [2.05, 4.69) is 16.3 Å². The number of nitrogens with zero attached hydrogens (tertiary/aromatic N) is 1. The minimum atomic E-state index is -0.938. The summed E-state index contributed by atoms with van der Waals surface area (Å²) in [7, 11) is 1.46. The average molecular weight is 396 g/mol. The van der Waals surface area contributed by atoms with Crippen LogP contribution < -0.4 is 14.8 Å². The molecule has 2 saturated heterocycles. The second-order valence-corrected chi connectivity index (χ2v) is 9.67. The van der Waals surface area contributed by atoms with Gasteiger partial charge in [-0.15, -0.1) is 0 Å². The number of carbonyl (C=O) groups is 2. The van der Waals surface area contributed by atoms with Gasteiger partial charge in [-0.2, -0.15) is 0 Å². The SMILES string of the molecule is COC(=O)[C@]12CC[C@]34CCCN5CC(C(=O)C3)[C@@]1(c1ccc3c(c1N2)OCO3)[C@@H]54. The second-order valence-electron chi connectivity index (χ2n) is 9.67. The lowest BCUT2D eigenvalue weighted by atomic mass is 9.41. The Morgan fingerprint density at radius 1 is 1.28 bits per heavy atom. The molecule has 1 N–H and O–H groups in total. The van der Waals surface area contributed by atoms with E-state index < -0.39 is 11.0 Å². The number of hydrogen-bond donors (Lipinski definition) is 1. The zero-order valence-corrected chi connectivity index (χ0v) is 16.5. The largest absolute Gasteiger partial charge is 0.467 e. The second kappa shape index (κ2) is 4.89. The summed E-state index contributed by atoms with van der Waals surface area (Å²) in [5, 5.41) is 3.60. The van der Waals surface area contributed by atoms with Gasteiger partial charge in [0.05, 0.1) is 18.2 Å². The van der Waals surface area contributed by atoms with Crippen LogP contribution in [0.4, 0.5) is 5.69 Å². The predicted octanol–water partition coefficient (Wildman–Crippen LogP) is 1.84. The van der Waals surface area contributed by atoms with E-state index in [1.807, 2.05) is 6.07 Å². The first-order chi connectivity index (χ1) is 14.1. The van der Waals surface area contributed by atoms with Gasteiger partial charge in [0, 0.05) is 24.9 Å². The maximum absolute atomic E-state index is 13.6. The van der Waals surface area contributed by atoms with Crippen LogP contribution in [0.3, 0.4) is 0 Å². The Bertz CT molecular complexity index is 994. The molecule has 1 spiro atoms. The molecule has 4 bridgehead atoms.